The number of piperidine rings is 1. The highest BCUT2D eigenvalue weighted by atomic mass is 19.1. The van der Waals surface area contributed by atoms with Gasteiger partial charge in [-0.05, 0) is 32.3 Å². The van der Waals surface area contributed by atoms with Crippen LogP contribution in [0.4, 0.5) is 15.8 Å². The van der Waals surface area contributed by atoms with Crippen LogP contribution in [0.25, 0.3) is 0 Å². The van der Waals surface area contributed by atoms with Gasteiger partial charge in [-0.1, -0.05) is 0 Å². The molecule has 1 heterocycles. The summed E-state index contributed by atoms with van der Waals surface area (Å²) < 4.78 is 13.8. The van der Waals surface area contributed by atoms with E-state index in [1.54, 1.807) is 0 Å². The first-order chi connectivity index (χ1) is 8.09. The monoisotopic (exact) mass is 238 g/mol. The lowest BCUT2D eigenvalue weighted by atomic mass is 10.0. The van der Waals surface area contributed by atoms with Gasteiger partial charge in [0.05, 0.1) is 16.7 Å². The normalized spacial score (nSPS) is 20.4. The molecule has 1 atom stereocenters. The van der Waals surface area contributed by atoms with E-state index >= 15 is 0 Å². The Hall–Kier alpha value is -1.65. The Bertz CT molecular complexity index is 437. The first-order valence-electron chi connectivity index (χ1n) is 5.80. The van der Waals surface area contributed by atoms with Crippen LogP contribution in [0.5, 0.6) is 0 Å². The third kappa shape index (κ3) is 2.38. The second-order valence-electron chi connectivity index (χ2n) is 4.43. The number of anilines is 1. The van der Waals surface area contributed by atoms with Gasteiger partial charge in [0.15, 0.2) is 5.82 Å². The minimum atomic E-state index is -0.577. The third-order valence-electron chi connectivity index (χ3n) is 3.25. The summed E-state index contributed by atoms with van der Waals surface area (Å²) in [5.41, 5.74) is 0.277. The molecule has 0 bridgehead atoms. The molecular formula is C12H15FN2O2. The molecule has 0 aromatic heterocycles. The molecule has 0 unspecified atom stereocenters. The lowest BCUT2D eigenvalue weighted by Gasteiger charge is -2.35. The largest absolute Gasteiger partial charge is 0.366 e. The van der Waals surface area contributed by atoms with Crippen molar-refractivity contribution in [1.82, 2.24) is 0 Å². The second kappa shape index (κ2) is 4.69. The Morgan fingerprint density at radius 1 is 1.47 bits per heavy atom. The summed E-state index contributed by atoms with van der Waals surface area (Å²) in [5, 5.41) is 10.5. The van der Waals surface area contributed by atoms with Crippen LogP contribution in [-0.2, 0) is 0 Å². The highest BCUT2D eigenvalue weighted by Gasteiger charge is 2.22. The van der Waals surface area contributed by atoms with Gasteiger partial charge >= 0.3 is 0 Å². The van der Waals surface area contributed by atoms with Crippen LogP contribution in [0.1, 0.15) is 26.2 Å². The maximum atomic E-state index is 13.8. The van der Waals surface area contributed by atoms with Gasteiger partial charge < -0.3 is 4.90 Å². The van der Waals surface area contributed by atoms with Gasteiger partial charge in [0.25, 0.3) is 5.69 Å². The summed E-state index contributed by atoms with van der Waals surface area (Å²) in [6.45, 7) is 2.87. The van der Waals surface area contributed by atoms with Crippen LogP contribution < -0.4 is 4.90 Å². The molecule has 92 valence electrons. The molecule has 1 fully saturated rings. The average molecular weight is 238 g/mol. The standard InChI is InChI=1S/C12H15FN2O2/c1-9-4-2-3-7-14(9)12-6-5-10(15(16)17)8-11(12)13/h5-6,8-9H,2-4,7H2,1H3/t9-/m1/s1. The zero-order valence-corrected chi connectivity index (χ0v) is 9.73. The van der Waals surface area contributed by atoms with Crippen molar-refractivity contribution in [2.45, 2.75) is 32.2 Å². The lowest BCUT2D eigenvalue weighted by molar-refractivity contribution is -0.385. The van der Waals surface area contributed by atoms with Crippen molar-refractivity contribution in [3.8, 4) is 0 Å². The molecule has 5 heteroatoms. The van der Waals surface area contributed by atoms with Crippen molar-refractivity contribution in [3.05, 3.63) is 34.1 Å². The molecule has 0 spiro atoms. The van der Waals surface area contributed by atoms with Crippen LogP contribution in [0.3, 0.4) is 0 Å². The molecule has 1 aliphatic heterocycles. The van der Waals surface area contributed by atoms with Gasteiger partial charge in [0.2, 0.25) is 0 Å². The summed E-state index contributed by atoms with van der Waals surface area (Å²) in [5.74, 6) is -0.507. The van der Waals surface area contributed by atoms with Gasteiger partial charge in [-0.25, -0.2) is 4.39 Å². The molecule has 0 N–H and O–H groups in total. The molecule has 1 aromatic rings. The van der Waals surface area contributed by atoms with Crippen molar-refractivity contribution in [2.75, 3.05) is 11.4 Å². The number of nitro groups is 1. The number of hydrogen-bond donors (Lipinski definition) is 0. The maximum Gasteiger partial charge on any atom is 0.272 e. The molecule has 0 radical (unpaired) electrons. The fourth-order valence-corrected chi connectivity index (χ4v) is 2.30. The first kappa shape index (κ1) is 11.8. The van der Waals surface area contributed by atoms with E-state index in [9.17, 15) is 14.5 Å². The fraction of sp³-hybridized carbons (Fsp3) is 0.500. The van der Waals surface area contributed by atoms with E-state index in [0.29, 0.717) is 11.7 Å². The predicted molar refractivity (Wildman–Crippen MR) is 63.7 cm³/mol. The molecule has 0 amide bonds. The van der Waals surface area contributed by atoms with Crippen LogP contribution in [0.2, 0.25) is 0 Å². The fourth-order valence-electron chi connectivity index (χ4n) is 2.30. The van der Waals surface area contributed by atoms with Crippen molar-refractivity contribution in [2.24, 2.45) is 0 Å². The number of nitro benzene ring substituents is 1. The van der Waals surface area contributed by atoms with Gasteiger partial charge in [0, 0.05) is 18.7 Å². The zero-order valence-electron chi connectivity index (χ0n) is 9.73. The number of nitrogens with zero attached hydrogens (tertiary/aromatic N) is 2. The Morgan fingerprint density at radius 2 is 2.24 bits per heavy atom. The molecule has 0 saturated carbocycles. The van der Waals surface area contributed by atoms with E-state index in [4.69, 9.17) is 0 Å². The lowest BCUT2D eigenvalue weighted by Crippen LogP contribution is -2.37. The van der Waals surface area contributed by atoms with Crippen LogP contribution in [0.15, 0.2) is 18.2 Å². The maximum absolute atomic E-state index is 13.8. The molecule has 1 aromatic carbocycles. The Balaban J connectivity index is 2.29. The summed E-state index contributed by atoms with van der Waals surface area (Å²) in [7, 11) is 0. The van der Waals surface area contributed by atoms with Crippen molar-refractivity contribution < 1.29 is 9.31 Å². The Morgan fingerprint density at radius 3 is 2.82 bits per heavy atom. The smallest absolute Gasteiger partial charge is 0.272 e. The van der Waals surface area contributed by atoms with E-state index in [-0.39, 0.29) is 5.69 Å². The highest BCUT2D eigenvalue weighted by molar-refractivity contribution is 5.53. The second-order valence-corrected chi connectivity index (χ2v) is 4.43. The number of rotatable bonds is 2. The Labute approximate surface area is 99.2 Å². The first-order valence-corrected chi connectivity index (χ1v) is 5.80. The zero-order chi connectivity index (χ0) is 12.4. The molecule has 1 aliphatic rings. The summed E-state index contributed by atoms with van der Waals surface area (Å²) in [4.78, 5) is 11.9. The Kier molecular flexibility index (Phi) is 3.26. The molecular weight excluding hydrogens is 223 g/mol. The van der Waals surface area contributed by atoms with Crippen LogP contribution >= 0.6 is 0 Å². The van der Waals surface area contributed by atoms with Crippen molar-refractivity contribution in [1.29, 1.82) is 0 Å². The van der Waals surface area contributed by atoms with E-state index in [1.165, 1.54) is 12.1 Å². The van der Waals surface area contributed by atoms with E-state index < -0.39 is 10.7 Å². The summed E-state index contributed by atoms with van der Waals surface area (Å²) in [6.07, 6.45) is 3.24. The van der Waals surface area contributed by atoms with Gasteiger partial charge in [-0.15, -0.1) is 0 Å². The predicted octanol–water partition coefficient (Wildman–Crippen LogP) is 3.11. The summed E-state index contributed by atoms with van der Waals surface area (Å²) in [6, 6.07) is 4.16. The SMILES string of the molecule is C[C@@H]1CCCCN1c1ccc([N+](=O)[O-])cc1F. The van der Waals surface area contributed by atoms with E-state index in [1.807, 2.05) is 4.90 Å². The number of halogens is 1. The van der Waals surface area contributed by atoms with E-state index in [2.05, 4.69) is 6.92 Å². The average Bonchev–Trinajstić information content (AvgIpc) is 2.30. The van der Waals surface area contributed by atoms with Gasteiger partial charge in [-0.3, -0.25) is 10.1 Å². The molecule has 17 heavy (non-hydrogen) atoms. The van der Waals surface area contributed by atoms with Crippen LogP contribution in [0, 0.1) is 15.9 Å². The topological polar surface area (TPSA) is 46.4 Å². The minimum absolute atomic E-state index is 0.198. The van der Waals surface area contributed by atoms with E-state index in [0.717, 1.165) is 31.9 Å². The van der Waals surface area contributed by atoms with Crippen LogP contribution in [-0.4, -0.2) is 17.5 Å². The van der Waals surface area contributed by atoms with Gasteiger partial charge in [0.1, 0.15) is 0 Å². The highest BCUT2D eigenvalue weighted by Crippen LogP contribution is 2.29. The molecule has 4 nitrogen and oxygen atoms in total. The minimum Gasteiger partial charge on any atom is -0.366 e. The van der Waals surface area contributed by atoms with Gasteiger partial charge in [-0.2, -0.15) is 0 Å². The van der Waals surface area contributed by atoms with Crippen molar-refractivity contribution in [3.63, 3.8) is 0 Å². The molecule has 1 saturated heterocycles. The number of benzene rings is 1. The molecule has 0 aliphatic carbocycles. The third-order valence-corrected chi connectivity index (χ3v) is 3.25. The number of non-ortho nitro benzene ring substituents is 1. The number of hydrogen-bond acceptors (Lipinski definition) is 3. The summed E-state index contributed by atoms with van der Waals surface area (Å²) >= 11 is 0. The molecule has 2 rings (SSSR count). The van der Waals surface area contributed by atoms with Crippen molar-refractivity contribution >= 4 is 11.4 Å². The quantitative estimate of drug-likeness (QED) is 0.587.